The first-order valence-corrected chi connectivity index (χ1v) is 7.33. The average molecular weight is 311 g/mol. The number of ether oxygens (including phenoxy) is 4. The Kier molecular flexibility index (Phi) is 8.50. The van der Waals surface area contributed by atoms with Crippen LogP contribution in [0.1, 0.15) is 19.4 Å². The first kappa shape index (κ1) is 18.4. The Morgan fingerprint density at radius 3 is 2.41 bits per heavy atom. The summed E-state index contributed by atoms with van der Waals surface area (Å²) in [5, 5.41) is 2.77. The van der Waals surface area contributed by atoms with Crippen LogP contribution in [-0.2, 0) is 25.4 Å². The van der Waals surface area contributed by atoms with Crippen molar-refractivity contribution in [2.24, 2.45) is 0 Å². The Hall–Kier alpha value is -1.63. The number of rotatable bonds is 10. The van der Waals surface area contributed by atoms with Crippen molar-refractivity contribution in [2.45, 2.75) is 32.8 Å². The summed E-state index contributed by atoms with van der Waals surface area (Å²) in [6.45, 7) is 4.41. The molecule has 124 valence electrons. The van der Waals surface area contributed by atoms with Crippen LogP contribution in [0.15, 0.2) is 24.3 Å². The molecule has 1 N–H and O–H groups in total. The van der Waals surface area contributed by atoms with Crippen LogP contribution in [0.4, 0.5) is 0 Å². The highest BCUT2D eigenvalue weighted by molar-refractivity contribution is 5.79. The number of benzene rings is 1. The molecule has 6 nitrogen and oxygen atoms in total. The maximum atomic E-state index is 12.1. The fourth-order valence-electron chi connectivity index (χ4n) is 1.94. The first-order chi connectivity index (χ1) is 10.6. The molecule has 0 spiro atoms. The number of methoxy groups -OCH3 is 2. The third-order valence-corrected chi connectivity index (χ3v) is 2.99. The van der Waals surface area contributed by atoms with E-state index in [-0.39, 0.29) is 5.91 Å². The number of carbonyl (C=O) groups is 1. The number of nitrogens with one attached hydrogen (secondary N) is 1. The Morgan fingerprint density at radius 2 is 1.86 bits per heavy atom. The number of carbonyl (C=O) groups excluding carboxylic acids is 1. The number of hydrogen-bond acceptors (Lipinski definition) is 5. The van der Waals surface area contributed by atoms with Crippen LogP contribution in [0.5, 0.6) is 5.75 Å². The van der Waals surface area contributed by atoms with Crippen LogP contribution in [-0.4, -0.2) is 45.9 Å². The highest BCUT2D eigenvalue weighted by Crippen LogP contribution is 2.14. The quantitative estimate of drug-likeness (QED) is 0.667. The van der Waals surface area contributed by atoms with Gasteiger partial charge in [0.1, 0.15) is 12.0 Å². The molecular weight excluding hydrogens is 286 g/mol. The molecule has 0 saturated carbocycles. The zero-order chi connectivity index (χ0) is 16.4. The summed E-state index contributed by atoms with van der Waals surface area (Å²) in [6.07, 6.45) is -0.870. The van der Waals surface area contributed by atoms with Gasteiger partial charge in [-0.1, -0.05) is 12.1 Å². The lowest BCUT2D eigenvalue weighted by Gasteiger charge is -2.21. The summed E-state index contributed by atoms with van der Waals surface area (Å²) in [7, 11) is 3.16. The van der Waals surface area contributed by atoms with Gasteiger partial charge < -0.3 is 24.3 Å². The van der Waals surface area contributed by atoms with Crippen LogP contribution >= 0.6 is 0 Å². The van der Waals surface area contributed by atoms with E-state index in [4.69, 9.17) is 18.9 Å². The van der Waals surface area contributed by atoms with Gasteiger partial charge in [0.25, 0.3) is 5.91 Å². The lowest BCUT2D eigenvalue weighted by atomic mass is 10.1. The van der Waals surface area contributed by atoms with Crippen molar-refractivity contribution in [3.63, 3.8) is 0 Å². The van der Waals surface area contributed by atoms with E-state index in [0.717, 1.165) is 11.3 Å². The van der Waals surface area contributed by atoms with Crippen molar-refractivity contribution in [1.82, 2.24) is 5.32 Å². The molecule has 1 atom stereocenters. The highest BCUT2D eigenvalue weighted by Gasteiger charge is 2.22. The van der Waals surface area contributed by atoms with Gasteiger partial charge >= 0.3 is 0 Å². The Labute approximate surface area is 131 Å². The molecule has 0 bridgehead atoms. The Morgan fingerprint density at radius 1 is 1.18 bits per heavy atom. The largest absolute Gasteiger partial charge is 0.497 e. The molecule has 0 aliphatic rings. The van der Waals surface area contributed by atoms with E-state index in [0.29, 0.717) is 19.6 Å². The SMILES string of the molecule is CCOC(OCC)C(=O)NC(Cc1cccc(OC)c1)OC. The predicted molar refractivity (Wildman–Crippen MR) is 82.7 cm³/mol. The Balaban J connectivity index is 2.64. The van der Waals surface area contributed by atoms with Crippen molar-refractivity contribution in [1.29, 1.82) is 0 Å². The summed E-state index contributed by atoms with van der Waals surface area (Å²) in [4.78, 5) is 12.1. The zero-order valence-electron chi connectivity index (χ0n) is 13.6. The topological polar surface area (TPSA) is 66.0 Å². The van der Waals surface area contributed by atoms with Crippen molar-refractivity contribution in [3.8, 4) is 5.75 Å². The summed E-state index contributed by atoms with van der Waals surface area (Å²) in [5.74, 6) is 0.415. The molecule has 0 fully saturated rings. The minimum absolute atomic E-state index is 0.349. The molecule has 1 aromatic carbocycles. The van der Waals surface area contributed by atoms with E-state index in [1.165, 1.54) is 0 Å². The van der Waals surface area contributed by atoms with Gasteiger partial charge in [0.2, 0.25) is 6.29 Å². The summed E-state index contributed by atoms with van der Waals surface area (Å²) < 4.78 is 21.0. The summed E-state index contributed by atoms with van der Waals surface area (Å²) in [6, 6.07) is 7.61. The monoisotopic (exact) mass is 311 g/mol. The van der Waals surface area contributed by atoms with Crippen molar-refractivity contribution >= 4 is 5.91 Å². The maximum absolute atomic E-state index is 12.1. The first-order valence-electron chi connectivity index (χ1n) is 7.33. The fraction of sp³-hybridized carbons (Fsp3) is 0.562. The highest BCUT2D eigenvalue weighted by atomic mass is 16.7. The molecule has 1 aromatic rings. The third kappa shape index (κ3) is 6.01. The molecule has 0 radical (unpaired) electrons. The molecule has 0 aliphatic carbocycles. The van der Waals surface area contributed by atoms with Crippen LogP contribution in [0.25, 0.3) is 0 Å². The second kappa shape index (κ2) is 10.2. The van der Waals surface area contributed by atoms with E-state index in [9.17, 15) is 4.79 Å². The second-order valence-corrected chi connectivity index (χ2v) is 4.53. The van der Waals surface area contributed by atoms with Gasteiger partial charge in [0.15, 0.2) is 0 Å². The zero-order valence-corrected chi connectivity index (χ0v) is 13.6. The van der Waals surface area contributed by atoms with Gasteiger partial charge in [-0.3, -0.25) is 4.79 Å². The van der Waals surface area contributed by atoms with Crippen molar-refractivity contribution in [2.75, 3.05) is 27.4 Å². The molecule has 1 amide bonds. The lowest BCUT2D eigenvalue weighted by Crippen LogP contribution is -2.45. The molecule has 22 heavy (non-hydrogen) atoms. The summed E-state index contributed by atoms with van der Waals surface area (Å²) >= 11 is 0. The third-order valence-electron chi connectivity index (χ3n) is 2.99. The molecule has 0 saturated heterocycles. The van der Waals surface area contributed by atoms with Crippen LogP contribution in [0, 0.1) is 0 Å². The molecule has 0 aliphatic heterocycles. The number of hydrogen-bond donors (Lipinski definition) is 1. The maximum Gasteiger partial charge on any atom is 0.279 e. The standard InChI is InChI=1S/C16H25NO5/c1-5-21-16(22-6-2)15(18)17-14(20-4)11-12-8-7-9-13(10-12)19-3/h7-10,14,16H,5-6,11H2,1-4H3,(H,17,18). The molecule has 1 rings (SSSR count). The van der Waals surface area contributed by atoms with E-state index < -0.39 is 12.5 Å². The molecule has 0 heterocycles. The normalized spacial score (nSPS) is 12.2. The van der Waals surface area contributed by atoms with Crippen LogP contribution in [0.3, 0.4) is 0 Å². The minimum atomic E-state index is -0.919. The van der Waals surface area contributed by atoms with Gasteiger partial charge in [0.05, 0.1) is 7.11 Å². The average Bonchev–Trinajstić information content (AvgIpc) is 2.54. The van der Waals surface area contributed by atoms with Crippen LogP contribution < -0.4 is 10.1 Å². The minimum Gasteiger partial charge on any atom is -0.497 e. The van der Waals surface area contributed by atoms with E-state index in [2.05, 4.69) is 5.32 Å². The van der Waals surface area contributed by atoms with E-state index in [1.807, 2.05) is 38.1 Å². The van der Waals surface area contributed by atoms with Gasteiger partial charge in [0, 0.05) is 26.7 Å². The molecule has 0 aromatic heterocycles. The van der Waals surface area contributed by atoms with E-state index in [1.54, 1.807) is 14.2 Å². The molecular formula is C16H25NO5. The van der Waals surface area contributed by atoms with Crippen molar-refractivity contribution < 1.29 is 23.7 Å². The van der Waals surface area contributed by atoms with Crippen molar-refractivity contribution in [3.05, 3.63) is 29.8 Å². The van der Waals surface area contributed by atoms with Gasteiger partial charge in [-0.05, 0) is 31.5 Å². The molecule has 1 unspecified atom stereocenters. The molecule has 6 heteroatoms. The Bertz CT molecular complexity index is 446. The summed E-state index contributed by atoms with van der Waals surface area (Å²) in [5.41, 5.74) is 0.996. The van der Waals surface area contributed by atoms with E-state index >= 15 is 0 Å². The number of amides is 1. The fourth-order valence-corrected chi connectivity index (χ4v) is 1.94. The van der Waals surface area contributed by atoms with Gasteiger partial charge in [-0.25, -0.2) is 0 Å². The lowest BCUT2D eigenvalue weighted by molar-refractivity contribution is -0.173. The predicted octanol–water partition coefficient (Wildman–Crippen LogP) is 1.73. The van der Waals surface area contributed by atoms with Gasteiger partial charge in [-0.2, -0.15) is 0 Å². The smallest absolute Gasteiger partial charge is 0.279 e. The second-order valence-electron chi connectivity index (χ2n) is 4.53. The van der Waals surface area contributed by atoms with Gasteiger partial charge in [-0.15, -0.1) is 0 Å². The van der Waals surface area contributed by atoms with Crippen LogP contribution in [0.2, 0.25) is 0 Å².